The zero-order chi connectivity index (χ0) is 15.2. The molecule has 0 radical (unpaired) electrons. The van der Waals surface area contributed by atoms with E-state index in [2.05, 4.69) is 37.2 Å². The Morgan fingerprint density at radius 1 is 1.40 bits per heavy atom. The Labute approximate surface area is 122 Å². The summed E-state index contributed by atoms with van der Waals surface area (Å²) in [6.45, 7) is 1.95. The highest BCUT2D eigenvalue weighted by molar-refractivity contribution is 9.10. The summed E-state index contributed by atoms with van der Waals surface area (Å²) in [5.41, 5.74) is 0.448. The first-order chi connectivity index (χ1) is 9.31. The van der Waals surface area contributed by atoms with Crippen LogP contribution in [0.2, 0.25) is 0 Å². The van der Waals surface area contributed by atoms with Gasteiger partial charge in [-0.25, -0.2) is 0 Å². The number of carbonyl (C=O) groups is 1. The van der Waals surface area contributed by atoms with Gasteiger partial charge in [0.1, 0.15) is 12.2 Å². The van der Waals surface area contributed by atoms with Crippen molar-refractivity contribution in [2.24, 2.45) is 0 Å². The SMILES string of the molecule is CCOC(=O)CC#Cc1ccc(OC(F)(F)F)cc1Br. The molecule has 1 rings (SSSR count). The lowest BCUT2D eigenvalue weighted by molar-refractivity contribution is -0.274. The number of alkyl halides is 3. The Balaban J connectivity index is 2.74. The van der Waals surface area contributed by atoms with Gasteiger partial charge in [0.2, 0.25) is 0 Å². The largest absolute Gasteiger partial charge is 0.573 e. The highest BCUT2D eigenvalue weighted by Gasteiger charge is 2.31. The van der Waals surface area contributed by atoms with Crippen LogP contribution in [0.4, 0.5) is 13.2 Å². The molecular weight excluding hydrogens is 341 g/mol. The van der Waals surface area contributed by atoms with Gasteiger partial charge in [-0.3, -0.25) is 4.79 Å². The van der Waals surface area contributed by atoms with Crippen LogP contribution in [0.5, 0.6) is 5.75 Å². The Morgan fingerprint density at radius 3 is 2.65 bits per heavy atom. The highest BCUT2D eigenvalue weighted by Crippen LogP contribution is 2.27. The lowest BCUT2D eigenvalue weighted by Gasteiger charge is -2.09. The van der Waals surface area contributed by atoms with Gasteiger partial charge in [0.15, 0.2) is 0 Å². The minimum atomic E-state index is -4.74. The van der Waals surface area contributed by atoms with Crippen molar-refractivity contribution in [3.8, 4) is 17.6 Å². The van der Waals surface area contributed by atoms with Crippen LogP contribution >= 0.6 is 15.9 Å². The molecule has 0 saturated heterocycles. The number of benzene rings is 1. The predicted molar refractivity (Wildman–Crippen MR) is 69.0 cm³/mol. The van der Waals surface area contributed by atoms with E-state index < -0.39 is 12.3 Å². The smallest absolute Gasteiger partial charge is 0.465 e. The van der Waals surface area contributed by atoms with Crippen molar-refractivity contribution in [3.63, 3.8) is 0 Å². The standard InChI is InChI=1S/C13H10BrF3O3/c1-2-19-12(18)5-3-4-9-6-7-10(8-11(9)14)20-13(15,16)17/h6-8H,2,5H2,1H3. The van der Waals surface area contributed by atoms with Gasteiger partial charge < -0.3 is 9.47 Å². The van der Waals surface area contributed by atoms with Crippen molar-refractivity contribution in [3.05, 3.63) is 28.2 Å². The zero-order valence-electron chi connectivity index (χ0n) is 10.4. The molecule has 108 valence electrons. The van der Waals surface area contributed by atoms with Gasteiger partial charge in [-0.1, -0.05) is 11.8 Å². The summed E-state index contributed by atoms with van der Waals surface area (Å²) in [7, 11) is 0. The normalized spacial score (nSPS) is 10.4. The summed E-state index contributed by atoms with van der Waals surface area (Å²) >= 11 is 3.09. The third-order valence-electron chi connectivity index (χ3n) is 1.94. The van der Waals surface area contributed by atoms with Crippen LogP contribution in [0.1, 0.15) is 18.9 Å². The first-order valence-electron chi connectivity index (χ1n) is 5.51. The molecule has 0 atom stereocenters. The van der Waals surface area contributed by atoms with Crippen LogP contribution < -0.4 is 4.74 Å². The second-order valence-corrected chi connectivity index (χ2v) is 4.33. The first kappa shape index (κ1) is 16.4. The molecule has 0 amide bonds. The molecule has 0 aliphatic heterocycles. The average Bonchev–Trinajstić information content (AvgIpc) is 2.30. The van der Waals surface area contributed by atoms with Crippen LogP contribution in [0.25, 0.3) is 0 Å². The summed E-state index contributed by atoms with van der Waals surface area (Å²) in [6.07, 6.45) is -4.82. The number of ether oxygens (including phenoxy) is 2. The molecule has 3 nitrogen and oxygen atoms in total. The summed E-state index contributed by atoms with van der Waals surface area (Å²) in [5.74, 6) is 4.44. The minimum Gasteiger partial charge on any atom is -0.465 e. The van der Waals surface area contributed by atoms with E-state index in [0.717, 1.165) is 12.1 Å². The molecule has 0 fully saturated rings. The van der Waals surface area contributed by atoms with Gasteiger partial charge in [-0.15, -0.1) is 13.2 Å². The van der Waals surface area contributed by atoms with Crippen molar-refractivity contribution < 1.29 is 27.4 Å². The monoisotopic (exact) mass is 350 g/mol. The number of carbonyl (C=O) groups excluding carboxylic acids is 1. The fraction of sp³-hybridized carbons (Fsp3) is 0.308. The molecular formula is C13H10BrF3O3. The minimum absolute atomic E-state index is 0.0823. The van der Waals surface area contributed by atoms with E-state index in [0.29, 0.717) is 10.0 Å². The van der Waals surface area contributed by atoms with Crippen LogP contribution in [0.3, 0.4) is 0 Å². The summed E-state index contributed by atoms with van der Waals surface area (Å²) < 4.78 is 44.9. The van der Waals surface area contributed by atoms with Crippen LogP contribution in [0, 0.1) is 11.8 Å². The second kappa shape index (κ2) is 7.20. The number of esters is 1. The quantitative estimate of drug-likeness (QED) is 0.616. The van der Waals surface area contributed by atoms with E-state index in [1.165, 1.54) is 6.07 Å². The van der Waals surface area contributed by atoms with Crippen molar-refractivity contribution in [1.82, 2.24) is 0 Å². The Bertz CT molecular complexity index is 544. The van der Waals surface area contributed by atoms with Crippen molar-refractivity contribution in [1.29, 1.82) is 0 Å². The lowest BCUT2D eigenvalue weighted by Crippen LogP contribution is -2.17. The van der Waals surface area contributed by atoms with E-state index in [4.69, 9.17) is 0 Å². The molecule has 0 aromatic heterocycles. The summed E-state index contributed by atoms with van der Waals surface area (Å²) in [4.78, 5) is 11.0. The molecule has 1 aromatic rings. The third-order valence-corrected chi connectivity index (χ3v) is 2.59. The number of rotatable bonds is 3. The van der Waals surface area contributed by atoms with Gasteiger partial charge in [-0.2, -0.15) is 0 Å². The van der Waals surface area contributed by atoms with Gasteiger partial charge in [0, 0.05) is 10.0 Å². The van der Waals surface area contributed by atoms with Gasteiger partial charge >= 0.3 is 12.3 Å². The van der Waals surface area contributed by atoms with Gasteiger partial charge in [0.25, 0.3) is 0 Å². The molecule has 0 aliphatic carbocycles. The van der Waals surface area contributed by atoms with E-state index in [9.17, 15) is 18.0 Å². The number of hydrogen-bond acceptors (Lipinski definition) is 3. The molecule has 0 N–H and O–H groups in total. The topological polar surface area (TPSA) is 35.5 Å². The third kappa shape index (κ3) is 5.97. The average molecular weight is 351 g/mol. The molecule has 0 heterocycles. The van der Waals surface area contributed by atoms with Crippen LogP contribution in [0.15, 0.2) is 22.7 Å². The van der Waals surface area contributed by atoms with E-state index >= 15 is 0 Å². The molecule has 0 spiro atoms. The van der Waals surface area contributed by atoms with Crippen molar-refractivity contribution in [2.45, 2.75) is 19.7 Å². The molecule has 0 aliphatic rings. The molecule has 20 heavy (non-hydrogen) atoms. The molecule has 7 heteroatoms. The van der Waals surface area contributed by atoms with Crippen molar-refractivity contribution in [2.75, 3.05) is 6.61 Å². The van der Waals surface area contributed by atoms with Crippen molar-refractivity contribution >= 4 is 21.9 Å². The predicted octanol–water partition coefficient (Wildman–Crippen LogP) is 3.65. The zero-order valence-corrected chi connectivity index (χ0v) is 12.0. The first-order valence-corrected chi connectivity index (χ1v) is 6.31. The molecule has 0 bridgehead atoms. The fourth-order valence-corrected chi connectivity index (χ4v) is 1.67. The van der Waals surface area contributed by atoms with E-state index in [-0.39, 0.29) is 18.8 Å². The molecule has 0 unspecified atom stereocenters. The Hall–Kier alpha value is -1.68. The summed E-state index contributed by atoms with van der Waals surface area (Å²) in [5, 5.41) is 0. The summed E-state index contributed by atoms with van der Waals surface area (Å²) in [6, 6.07) is 3.66. The highest BCUT2D eigenvalue weighted by atomic mass is 79.9. The maximum absolute atomic E-state index is 12.0. The molecule has 0 saturated carbocycles. The second-order valence-electron chi connectivity index (χ2n) is 3.47. The van der Waals surface area contributed by atoms with Crippen LogP contribution in [-0.2, 0) is 9.53 Å². The van der Waals surface area contributed by atoms with Gasteiger partial charge in [0.05, 0.1) is 6.61 Å². The van der Waals surface area contributed by atoms with E-state index in [1.54, 1.807) is 6.92 Å². The van der Waals surface area contributed by atoms with E-state index in [1.807, 2.05) is 0 Å². The maximum atomic E-state index is 12.0. The lowest BCUT2D eigenvalue weighted by atomic mass is 10.2. The Kier molecular flexibility index (Phi) is 5.89. The maximum Gasteiger partial charge on any atom is 0.573 e. The number of hydrogen-bond donors (Lipinski definition) is 0. The van der Waals surface area contributed by atoms with Crippen LogP contribution in [-0.4, -0.2) is 18.9 Å². The Morgan fingerprint density at radius 2 is 2.10 bits per heavy atom. The number of halogens is 4. The fourth-order valence-electron chi connectivity index (χ4n) is 1.22. The van der Waals surface area contributed by atoms with Gasteiger partial charge in [-0.05, 0) is 41.1 Å². The molecule has 1 aromatic carbocycles.